The minimum Gasteiger partial charge on any atom is -0.298 e. The van der Waals surface area contributed by atoms with E-state index in [2.05, 4.69) is 0 Å². The van der Waals surface area contributed by atoms with Crippen LogP contribution >= 0.6 is 0 Å². The zero-order valence-corrected chi connectivity index (χ0v) is 9.43. The van der Waals surface area contributed by atoms with E-state index in [-0.39, 0.29) is 18.0 Å². The summed E-state index contributed by atoms with van der Waals surface area (Å²) < 4.78 is 3.21. The highest BCUT2D eigenvalue weighted by molar-refractivity contribution is 5.80. The fourth-order valence-corrected chi connectivity index (χ4v) is 1.95. The molecular formula is C12H14N2O2. The van der Waals surface area contributed by atoms with Gasteiger partial charge in [0.2, 0.25) is 0 Å². The van der Waals surface area contributed by atoms with Gasteiger partial charge in [-0.05, 0) is 26.0 Å². The first kappa shape index (κ1) is 10.7. The van der Waals surface area contributed by atoms with Crippen molar-refractivity contribution in [2.45, 2.75) is 26.9 Å². The largest absolute Gasteiger partial charge is 0.329 e. The quantitative estimate of drug-likeness (QED) is 0.781. The number of fused-ring (bicyclic) bond motifs is 1. The summed E-state index contributed by atoms with van der Waals surface area (Å²) in [6, 6.07) is 7.53. The molecule has 84 valence electrons. The molecule has 4 heteroatoms. The predicted molar refractivity (Wildman–Crippen MR) is 62.6 cm³/mol. The minimum absolute atomic E-state index is 0.0129. The molecule has 0 saturated heterocycles. The Labute approximate surface area is 93.1 Å². The van der Waals surface area contributed by atoms with Crippen LogP contribution in [0.2, 0.25) is 0 Å². The van der Waals surface area contributed by atoms with E-state index in [4.69, 9.17) is 0 Å². The third kappa shape index (κ3) is 1.56. The van der Waals surface area contributed by atoms with Crippen molar-refractivity contribution in [2.24, 2.45) is 0 Å². The van der Waals surface area contributed by atoms with Crippen molar-refractivity contribution < 1.29 is 4.79 Å². The van der Waals surface area contributed by atoms with Gasteiger partial charge in [-0.1, -0.05) is 12.1 Å². The summed E-state index contributed by atoms with van der Waals surface area (Å²) in [4.78, 5) is 23.2. The molecule has 0 aliphatic rings. The normalized spacial score (nSPS) is 10.9. The zero-order valence-electron chi connectivity index (χ0n) is 9.43. The molecular weight excluding hydrogens is 204 g/mol. The van der Waals surface area contributed by atoms with Crippen molar-refractivity contribution in [1.82, 2.24) is 9.13 Å². The van der Waals surface area contributed by atoms with E-state index in [0.717, 1.165) is 11.0 Å². The van der Waals surface area contributed by atoms with Gasteiger partial charge < -0.3 is 0 Å². The lowest BCUT2D eigenvalue weighted by atomic mass is 10.3. The van der Waals surface area contributed by atoms with Crippen molar-refractivity contribution in [2.75, 3.05) is 0 Å². The SMILES string of the molecule is CCn1c(=O)n(CC(C)=O)c2ccccc21. The van der Waals surface area contributed by atoms with Crippen LogP contribution in [0.1, 0.15) is 13.8 Å². The third-order valence-corrected chi connectivity index (χ3v) is 2.62. The van der Waals surface area contributed by atoms with Crippen LogP contribution in [-0.2, 0) is 17.9 Å². The maximum atomic E-state index is 12.0. The van der Waals surface area contributed by atoms with Crippen LogP contribution in [0.15, 0.2) is 29.1 Å². The second-order valence-electron chi connectivity index (χ2n) is 3.80. The molecule has 0 N–H and O–H groups in total. The van der Waals surface area contributed by atoms with E-state index in [1.165, 1.54) is 11.5 Å². The van der Waals surface area contributed by atoms with Gasteiger partial charge >= 0.3 is 5.69 Å². The first-order valence-corrected chi connectivity index (χ1v) is 5.32. The third-order valence-electron chi connectivity index (χ3n) is 2.62. The van der Waals surface area contributed by atoms with Crippen LogP contribution < -0.4 is 5.69 Å². The molecule has 0 spiro atoms. The molecule has 1 aromatic carbocycles. The van der Waals surface area contributed by atoms with E-state index >= 15 is 0 Å². The van der Waals surface area contributed by atoms with Crippen molar-refractivity contribution in [3.8, 4) is 0 Å². The number of para-hydroxylation sites is 2. The molecule has 1 heterocycles. The molecule has 0 radical (unpaired) electrons. The number of hydrogen-bond acceptors (Lipinski definition) is 2. The minimum atomic E-state index is -0.112. The highest BCUT2D eigenvalue weighted by Crippen LogP contribution is 2.12. The summed E-state index contributed by atoms with van der Waals surface area (Å²) in [5.74, 6) is -0.0129. The molecule has 0 amide bonds. The molecule has 0 aliphatic heterocycles. The van der Waals surface area contributed by atoms with Gasteiger partial charge in [0, 0.05) is 6.54 Å². The summed E-state index contributed by atoms with van der Waals surface area (Å²) in [6.07, 6.45) is 0. The highest BCUT2D eigenvalue weighted by Gasteiger charge is 2.11. The van der Waals surface area contributed by atoms with E-state index in [1.807, 2.05) is 31.2 Å². The van der Waals surface area contributed by atoms with Crippen LogP contribution in [0.5, 0.6) is 0 Å². The Bertz CT molecular complexity index is 593. The van der Waals surface area contributed by atoms with Gasteiger partial charge in [0.05, 0.1) is 17.6 Å². The lowest BCUT2D eigenvalue weighted by Crippen LogP contribution is -2.25. The van der Waals surface area contributed by atoms with Gasteiger partial charge in [0.1, 0.15) is 5.78 Å². The maximum Gasteiger partial charge on any atom is 0.329 e. The molecule has 0 atom stereocenters. The number of carbonyl (C=O) groups is 1. The van der Waals surface area contributed by atoms with Crippen LogP contribution in [0.4, 0.5) is 0 Å². The van der Waals surface area contributed by atoms with Crippen molar-refractivity contribution in [1.29, 1.82) is 0 Å². The molecule has 0 fully saturated rings. The summed E-state index contributed by atoms with van der Waals surface area (Å²) in [7, 11) is 0. The topological polar surface area (TPSA) is 44.0 Å². The molecule has 4 nitrogen and oxygen atoms in total. The standard InChI is InChI=1S/C12H14N2O2/c1-3-13-10-6-4-5-7-11(10)14(12(13)16)8-9(2)15/h4-7H,3,8H2,1-2H3. The number of Topliss-reactive ketones (excluding diaryl/α,β-unsaturated/α-hetero) is 1. The zero-order chi connectivity index (χ0) is 11.7. The molecule has 0 bridgehead atoms. The van der Waals surface area contributed by atoms with Gasteiger partial charge in [-0.15, -0.1) is 0 Å². The van der Waals surface area contributed by atoms with Gasteiger partial charge in [0.25, 0.3) is 0 Å². The molecule has 0 unspecified atom stereocenters. The van der Waals surface area contributed by atoms with Crippen LogP contribution in [-0.4, -0.2) is 14.9 Å². The van der Waals surface area contributed by atoms with Gasteiger partial charge in [0.15, 0.2) is 0 Å². The summed E-state index contributed by atoms with van der Waals surface area (Å²) in [5.41, 5.74) is 1.60. The lowest BCUT2D eigenvalue weighted by Gasteiger charge is -1.97. The average molecular weight is 218 g/mol. The number of aromatic nitrogens is 2. The number of benzene rings is 1. The second kappa shape index (κ2) is 3.96. The number of nitrogens with zero attached hydrogens (tertiary/aromatic N) is 2. The van der Waals surface area contributed by atoms with E-state index in [9.17, 15) is 9.59 Å². The van der Waals surface area contributed by atoms with Gasteiger partial charge in [-0.25, -0.2) is 4.79 Å². The van der Waals surface area contributed by atoms with E-state index in [1.54, 1.807) is 4.57 Å². The van der Waals surface area contributed by atoms with Crippen LogP contribution in [0.25, 0.3) is 11.0 Å². The monoisotopic (exact) mass is 218 g/mol. The number of imidazole rings is 1. The predicted octanol–water partition coefficient (Wildman–Crippen LogP) is 1.41. The lowest BCUT2D eigenvalue weighted by molar-refractivity contribution is -0.117. The summed E-state index contributed by atoms with van der Waals surface area (Å²) in [5, 5.41) is 0. The van der Waals surface area contributed by atoms with E-state index in [0.29, 0.717) is 6.54 Å². The van der Waals surface area contributed by atoms with E-state index < -0.39 is 0 Å². The Kier molecular flexibility index (Phi) is 2.64. The van der Waals surface area contributed by atoms with Gasteiger partial charge in [-0.3, -0.25) is 13.9 Å². The number of rotatable bonds is 3. The van der Waals surface area contributed by atoms with Crippen LogP contribution in [0, 0.1) is 0 Å². The molecule has 0 aliphatic carbocycles. The number of aryl methyl sites for hydroxylation is 1. The molecule has 2 rings (SSSR count). The highest BCUT2D eigenvalue weighted by atomic mass is 16.2. The molecule has 0 saturated carbocycles. The van der Waals surface area contributed by atoms with Crippen molar-refractivity contribution >= 4 is 16.8 Å². The van der Waals surface area contributed by atoms with Crippen molar-refractivity contribution in [3.63, 3.8) is 0 Å². The number of hydrogen-bond donors (Lipinski definition) is 0. The fourth-order valence-electron chi connectivity index (χ4n) is 1.95. The molecule has 16 heavy (non-hydrogen) atoms. The van der Waals surface area contributed by atoms with Gasteiger partial charge in [-0.2, -0.15) is 0 Å². The Morgan fingerprint density at radius 1 is 1.19 bits per heavy atom. The molecule has 1 aromatic heterocycles. The number of carbonyl (C=O) groups excluding carboxylic acids is 1. The Balaban J connectivity index is 2.77. The summed E-state index contributed by atoms with van der Waals surface area (Å²) >= 11 is 0. The smallest absolute Gasteiger partial charge is 0.298 e. The Hall–Kier alpha value is -1.84. The maximum absolute atomic E-state index is 12.0. The second-order valence-corrected chi connectivity index (χ2v) is 3.80. The summed E-state index contributed by atoms with van der Waals surface area (Å²) in [6.45, 7) is 4.17. The Morgan fingerprint density at radius 3 is 2.25 bits per heavy atom. The Morgan fingerprint density at radius 2 is 1.75 bits per heavy atom. The molecule has 2 aromatic rings. The fraction of sp³-hybridized carbons (Fsp3) is 0.333. The van der Waals surface area contributed by atoms with Crippen molar-refractivity contribution in [3.05, 3.63) is 34.7 Å². The van der Waals surface area contributed by atoms with Crippen LogP contribution in [0.3, 0.4) is 0 Å². The average Bonchev–Trinajstić information content (AvgIpc) is 2.52. The first-order valence-electron chi connectivity index (χ1n) is 5.32. The first-order chi connectivity index (χ1) is 7.65. The number of ketones is 1.